The second-order valence-corrected chi connectivity index (χ2v) is 10.9. The number of hydrogen-bond donors (Lipinski definition) is 2. The molecule has 2 aromatic heterocycles. The van der Waals surface area contributed by atoms with Crippen LogP contribution in [0, 0.1) is 0 Å². The predicted octanol–water partition coefficient (Wildman–Crippen LogP) is 2.83. The normalized spacial score (nSPS) is 20.2. The van der Waals surface area contributed by atoms with Crippen LogP contribution in [0.1, 0.15) is 59.3 Å². The van der Waals surface area contributed by atoms with E-state index < -0.39 is 5.91 Å². The van der Waals surface area contributed by atoms with Crippen molar-refractivity contribution >= 4 is 45.9 Å². The van der Waals surface area contributed by atoms with Crippen molar-refractivity contribution in [3.8, 4) is 0 Å². The number of primary amides is 1. The van der Waals surface area contributed by atoms with Gasteiger partial charge in [-0.25, -0.2) is 0 Å². The SMILES string of the molecule is NC(=O)c1c(NC(=O)CSc2nnc(N3CCCC3)n2C[C@H]2CCCO2)sc2c1CCCC2. The van der Waals surface area contributed by atoms with E-state index in [9.17, 15) is 9.59 Å². The molecule has 178 valence electrons. The van der Waals surface area contributed by atoms with E-state index in [1.807, 2.05) is 0 Å². The molecule has 0 spiro atoms. The highest BCUT2D eigenvalue weighted by molar-refractivity contribution is 7.99. The number of hydrogen-bond acceptors (Lipinski definition) is 8. The van der Waals surface area contributed by atoms with Gasteiger partial charge in [0.2, 0.25) is 11.9 Å². The molecule has 3 N–H and O–H groups in total. The Hall–Kier alpha value is -2.11. The van der Waals surface area contributed by atoms with Crippen molar-refractivity contribution in [2.75, 3.05) is 35.7 Å². The fourth-order valence-corrected chi connectivity index (χ4v) is 6.95. The topological polar surface area (TPSA) is 115 Å². The molecular formula is C22H30N6O3S2. The molecule has 11 heteroatoms. The molecule has 5 rings (SSSR count). The Balaban J connectivity index is 1.29. The van der Waals surface area contributed by atoms with E-state index in [0.29, 0.717) is 17.1 Å². The largest absolute Gasteiger partial charge is 0.376 e. The molecule has 33 heavy (non-hydrogen) atoms. The highest BCUT2D eigenvalue weighted by Gasteiger charge is 2.27. The van der Waals surface area contributed by atoms with Gasteiger partial charge in [0.25, 0.3) is 5.91 Å². The zero-order valence-electron chi connectivity index (χ0n) is 18.7. The third-order valence-corrected chi connectivity index (χ3v) is 8.67. The van der Waals surface area contributed by atoms with Crippen LogP contribution in [0.2, 0.25) is 0 Å². The van der Waals surface area contributed by atoms with E-state index in [4.69, 9.17) is 10.5 Å². The number of ether oxygens (including phenoxy) is 1. The number of aromatic nitrogens is 3. The molecule has 2 fully saturated rings. The smallest absolute Gasteiger partial charge is 0.251 e. The monoisotopic (exact) mass is 490 g/mol. The highest BCUT2D eigenvalue weighted by atomic mass is 32.2. The van der Waals surface area contributed by atoms with Gasteiger partial charge in [0, 0.05) is 24.6 Å². The van der Waals surface area contributed by atoms with E-state index in [-0.39, 0.29) is 17.8 Å². The standard InChI is InChI=1S/C22H30N6O3S2/c23-19(30)18-15-7-1-2-8-16(15)33-20(18)24-17(29)13-32-22-26-25-21(27-9-3-4-10-27)28(22)12-14-6-5-11-31-14/h14H,1-13H2,(H2,23,30)(H,24,29)/t14-/m1/s1. The first-order valence-corrected chi connectivity index (χ1v) is 13.6. The number of aryl methyl sites for hydroxylation is 1. The number of nitrogens with one attached hydrogen (secondary N) is 1. The first kappa shape index (κ1) is 22.7. The third kappa shape index (κ3) is 4.90. The molecule has 0 radical (unpaired) electrons. The molecule has 4 heterocycles. The Kier molecular flexibility index (Phi) is 6.89. The van der Waals surface area contributed by atoms with Crippen LogP contribution in [0.5, 0.6) is 0 Å². The number of carbonyl (C=O) groups excluding carboxylic acids is 2. The Morgan fingerprint density at radius 2 is 1.97 bits per heavy atom. The van der Waals surface area contributed by atoms with Gasteiger partial charge in [-0.05, 0) is 56.9 Å². The molecule has 1 aliphatic carbocycles. The summed E-state index contributed by atoms with van der Waals surface area (Å²) < 4.78 is 7.96. The van der Waals surface area contributed by atoms with Crippen LogP contribution in [0.3, 0.4) is 0 Å². The molecule has 0 unspecified atom stereocenters. The minimum atomic E-state index is -0.469. The van der Waals surface area contributed by atoms with E-state index in [1.165, 1.54) is 28.0 Å². The minimum absolute atomic E-state index is 0.158. The van der Waals surface area contributed by atoms with Crippen LogP contribution in [-0.4, -0.2) is 58.1 Å². The Labute approximate surface area is 201 Å². The lowest BCUT2D eigenvalue weighted by atomic mass is 9.95. The quantitative estimate of drug-likeness (QED) is 0.547. The summed E-state index contributed by atoms with van der Waals surface area (Å²) in [6.45, 7) is 3.46. The summed E-state index contributed by atoms with van der Waals surface area (Å²) in [6.07, 6.45) is 8.52. The van der Waals surface area contributed by atoms with Crippen molar-refractivity contribution in [3.05, 3.63) is 16.0 Å². The number of thiophene rings is 1. The van der Waals surface area contributed by atoms with Crippen LogP contribution >= 0.6 is 23.1 Å². The van der Waals surface area contributed by atoms with E-state index in [1.54, 1.807) is 0 Å². The molecule has 2 saturated heterocycles. The summed E-state index contributed by atoms with van der Waals surface area (Å²) in [6, 6.07) is 0. The molecule has 0 saturated carbocycles. The second-order valence-electron chi connectivity index (χ2n) is 8.84. The van der Waals surface area contributed by atoms with Crippen molar-refractivity contribution in [1.29, 1.82) is 0 Å². The van der Waals surface area contributed by atoms with Crippen molar-refractivity contribution in [1.82, 2.24) is 14.8 Å². The lowest BCUT2D eigenvalue weighted by Gasteiger charge is -2.20. The molecule has 2 amide bonds. The van der Waals surface area contributed by atoms with Crippen molar-refractivity contribution < 1.29 is 14.3 Å². The maximum absolute atomic E-state index is 12.8. The number of nitrogens with two attached hydrogens (primary N) is 1. The third-order valence-electron chi connectivity index (χ3n) is 6.50. The molecule has 0 aromatic carbocycles. The number of carbonyl (C=O) groups is 2. The molecule has 1 atom stereocenters. The molecule has 3 aliphatic rings. The second kappa shape index (κ2) is 10.0. The zero-order valence-corrected chi connectivity index (χ0v) is 20.3. The fourth-order valence-electron chi connectivity index (χ4n) is 4.90. The van der Waals surface area contributed by atoms with Gasteiger partial charge >= 0.3 is 0 Å². The zero-order chi connectivity index (χ0) is 22.8. The van der Waals surface area contributed by atoms with Gasteiger partial charge in [-0.15, -0.1) is 21.5 Å². The van der Waals surface area contributed by atoms with E-state index in [0.717, 1.165) is 87.7 Å². The average molecular weight is 491 g/mol. The van der Waals surface area contributed by atoms with Gasteiger partial charge in [-0.3, -0.25) is 14.2 Å². The summed E-state index contributed by atoms with van der Waals surface area (Å²) in [5.74, 6) is 0.414. The first-order chi connectivity index (χ1) is 16.1. The number of thioether (sulfide) groups is 1. The number of fused-ring (bicyclic) bond motifs is 1. The number of anilines is 2. The lowest BCUT2D eigenvalue weighted by molar-refractivity contribution is -0.113. The van der Waals surface area contributed by atoms with Gasteiger partial charge in [-0.1, -0.05) is 11.8 Å². The molecule has 0 bridgehead atoms. The predicted molar refractivity (Wildman–Crippen MR) is 129 cm³/mol. The summed E-state index contributed by atoms with van der Waals surface area (Å²) >= 11 is 2.86. The molecular weight excluding hydrogens is 460 g/mol. The Bertz CT molecular complexity index is 1020. The van der Waals surface area contributed by atoms with Gasteiger partial charge in [-0.2, -0.15) is 0 Å². The Morgan fingerprint density at radius 3 is 2.73 bits per heavy atom. The van der Waals surface area contributed by atoms with Crippen molar-refractivity contribution in [3.63, 3.8) is 0 Å². The first-order valence-electron chi connectivity index (χ1n) is 11.8. The molecule has 2 aromatic rings. The van der Waals surface area contributed by atoms with Gasteiger partial charge in [0.05, 0.1) is 24.0 Å². The van der Waals surface area contributed by atoms with Crippen LogP contribution < -0.4 is 16.0 Å². The van der Waals surface area contributed by atoms with Crippen molar-refractivity contribution in [2.45, 2.75) is 69.2 Å². The summed E-state index contributed by atoms with van der Waals surface area (Å²) in [5.41, 5.74) is 7.17. The number of rotatable bonds is 8. The summed E-state index contributed by atoms with van der Waals surface area (Å²) in [5, 5.41) is 13.1. The van der Waals surface area contributed by atoms with Gasteiger partial charge in [0.1, 0.15) is 5.00 Å². The van der Waals surface area contributed by atoms with Crippen LogP contribution in [0.4, 0.5) is 10.9 Å². The van der Waals surface area contributed by atoms with Gasteiger partial charge in [0.15, 0.2) is 5.16 Å². The number of amides is 2. The van der Waals surface area contributed by atoms with E-state index >= 15 is 0 Å². The molecule has 2 aliphatic heterocycles. The highest BCUT2D eigenvalue weighted by Crippen LogP contribution is 2.38. The Morgan fingerprint density at radius 1 is 1.15 bits per heavy atom. The summed E-state index contributed by atoms with van der Waals surface area (Å²) in [7, 11) is 0. The number of nitrogens with zero attached hydrogens (tertiary/aromatic N) is 4. The fraction of sp³-hybridized carbons (Fsp3) is 0.636. The van der Waals surface area contributed by atoms with Crippen LogP contribution in [-0.2, 0) is 28.9 Å². The van der Waals surface area contributed by atoms with E-state index in [2.05, 4.69) is 25.0 Å². The van der Waals surface area contributed by atoms with Crippen LogP contribution in [0.25, 0.3) is 0 Å². The maximum Gasteiger partial charge on any atom is 0.251 e. The van der Waals surface area contributed by atoms with Crippen LogP contribution in [0.15, 0.2) is 5.16 Å². The lowest BCUT2D eigenvalue weighted by Crippen LogP contribution is -2.25. The van der Waals surface area contributed by atoms with Crippen molar-refractivity contribution in [2.24, 2.45) is 5.73 Å². The maximum atomic E-state index is 12.8. The minimum Gasteiger partial charge on any atom is -0.376 e. The molecule has 9 nitrogen and oxygen atoms in total. The van der Waals surface area contributed by atoms with Gasteiger partial charge < -0.3 is 20.7 Å². The average Bonchev–Trinajstić information content (AvgIpc) is 3.59. The summed E-state index contributed by atoms with van der Waals surface area (Å²) in [4.78, 5) is 28.3.